The molecule has 0 saturated carbocycles. The number of piperidine rings is 1. The zero-order valence-electron chi connectivity index (χ0n) is 17.9. The second kappa shape index (κ2) is 8.67. The summed E-state index contributed by atoms with van der Waals surface area (Å²) in [5, 5.41) is 0. The van der Waals surface area contributed by atoms with Crippen LogP contribution in [0.4, 0.5) is 0 Å². The predicted octanol–water partition coefficient (Wildman–Crippen LogP) is 3.53. The molecular formula is C26H29N3O2. The van der Waals surface area contributed by atoms with Crippen molar-refractivity contribution in [1.29, 1.82) is 0 Å². The molecule has 0 radical (unpaired) electrons. The molecule has 0 aromatic heterocycles. The van der Waals surface area contributed by atoms with E-state index in [0.717, 1.165) is 64.0 Å². The summed E-state index contributed by atoms with van der Waals surface area (Å²) in [5.41, 5.74) is 3.38. The lowest BCUT2D eigenvalue weighted by Crippen LogP contribution is -2.48. The minimum atomic E-state index is -0.111. The normalized spacial score (nSPS) is 20.9. The monoisotopic (exact) mass is 415 g/mol. The summed E-state index contributed by atoms with van der Waals surface area (Å²) in [5.74, 6) is -0.202. The number of carbonyl (C=O) groups is 2. The molecule has 5 heteroatoms. The first kappa shape index (κ1) is 20.0. The Bertz CT molecular complexity index is 972. The SMILES string of the molecule is O=C1C(c2ccccc2)=C(N2CCCC2)C(=O)N1C1CCN(Cc2ccccc2)CC1. The first-order valence-electron chi connectivity index (χ1n) is 11.4. The summed E-state index contributed by atoms with van der Waals surface area (Å²) in [6.07, 6.45) is 3.81. The molecule has 0 aliphatic carbocycles. The molecule has 0 spiro atoms. The van der Waals surface area contributed by atoms with Crippen LogP contribution in [0.15, 0.2) is 66.4 Å². The van der Waals surface area contributed by atoms with E-state index in [2.05, 4.69) is 34.1 Å². The quantitative estimate of drug-likeness (QED) is 0.701. The lowest BCUT2D eigenvalue weighted by Gasteiger charge is -2.36. The smallest absolute Gasteiger partial charge is 0.278 e. The average molecular weight is 416 g/mol. The molecule has 3 aliphatic rings. The number of hydrogen-bond acceptors (Lipinski definition) is 4. The van der Waals surface area contributed by atoms with Crippen LogP contribution in [0, 0.1) is 0 Å². The van der Waals surface area contributed by atoms with Gasteiger partial charge < -0.3 is 4.90 Å². The molecule has 2 saturated heterocycles. The van der Waals surface area contributed by atoms with E-state index in [1.165, 1.54) is 5.56 Å². The van der Waals surface area contributed by atoms with Gasteiger partial charge in [0.2, 0.25) is 0 Å². The summed E-state index contributed by atoms with van der Waals surface area (Å²) in [6, 6.07) is 20.2. The van der Waals surface area contributed by atoms with E-state index in [9.17, 15) is 9.59 Å². The number of carbonyl (C=O) groups excluding carboxylic acids is 2. The van der Waals surface area contributed by atoms with Crippen molar-refractivity contribution in [2.24, 2.45) is 0 Å². The number of likely N-dealkylation sites (tertiary alicyclic amines) is 2. The van der Waals surface area contributed by atoms with Gasteiger partial charge >= 0.3 is 0 Å². The van der Waals surface area contributed by atoms with E-state index in [4.69, 9.17) is 0 Å². The van der Waals surface area contributed by atoms with Gasteiger partial charge in [0, 0.05) is 38.8 Å². The van der Waals surface area contributed by atoms with Crippen molar-refractivity contribution in [3.8, 4) is 0 Å². The van der Waals surface area contributed by atoms with Crippen molar-refractivity contribution in [1.82, 2.24) is 14.7 Å². The molecule has 0 unspecified atom stereocenters. The molecule has 0 N–H and O–H groups in total. The number of hydrogen-bond donors (Lipinski definition) is 0. The van der Waals surface area contributed by atoms with E-state index in [-0.39, 0.29) is 17.9 Å². The summed E-state index contributed by atoms with van der Waals surface area (Å²) in [7, 11) is 0. The molecule has 3 aliphatic heterocycles. The molecule has 2 aromatic carbocycles. The van der Waals surface area contributed by atoms with Crippen molar-refractivity contribution >= 4 is 17.4 Å². The van der Waals surface area contributed by atoms with Crippen molar-refractivity contribution in [3.63, 3.8) is 0 Å². The Balaban J connectivity index is 1.34. The Hall–Kier alpha value is -2.92. The number of benzene rings is 2. The van der Waals surface area contributed by atoms with Crippen LogP contribution in [-0.4, -0.2) is 58.7 Å². The topological polar surface area (TPSA) is 43.9 Å². The molecule has 2 aromatic rings. The maximum atomic E-state index is 13.6. The van der Waals surface area contributed by atoms with Crippen LogP contribution in [-0.2, 0) is 16.1 Å². The fraction of sp³-hybridized carbons (Fsp3) is 0.385. The highest BCUT2D eigenvalue weighted by Gasteiger charge is 2.45. The highest BCUT2D eigenvalue weighted by atomic mass is 16.2. The summed E-state index contributed by atoms with van der Waals surface area (Å²) >= 11 is 0. The fourth-order valence-electron chi connectivity index (χ4n) is 5.14. The highest BCUT2D eigenvalue weighted by molar-refractivity contribution is 6.35. The van der Waals surface area contributed by atoms with E-state index < -0.39 is 0 Å². The third-order valence-electron chi connectivity index (χ3n) is 6.75. The number of imide groups is 1. The average Bonchev–Trinajstić information content (AvgIpc) is 3.42. The second-order valence-electron chi connectivity index (χ2n) is 8.76. The largest absolute Gasteiger partial charge is 0.366 e. The Labute approximate surface area is 183 Å². The first-order valence-corrected chi connectivity index (χ1v) is 11.4. The van der Waals surface area contributed by atoms with E-state index in [1.807, 2.05) is 36.4 Å². The summed E-state index contributed by atoms with van der Waals surface area (Å²) in [4.78, 5) is 33.2. The minimum absolute atomic E-state index is 0.0224. The zero-order chi connectivity index (χ0) is 21.2. The predicted molar refractivity (Wildman–Crippen MR) is 121 cm³/mol. The van der Waals surface area contributed by atoms with Crippen LogP contribution in [0.1, 0.15) is 36.8 Å². The van der Waals surface area contributed by atoms with Crippen molar-refractivity contribution < 1.29 is 9.59 Å². The van der Waals surface area contributed by atoms with Crippen molar-refractivity contribution in [2.45, 2.75) is 38.3 Å². The lowest BCUT2D eigenvalue weighted by molar-refractivity contribution is -0.141. The third-order valence-corrected chi connectivity index (χ3v) is 6.75. The van der Waals surface area contributed by atoms with Gasteiger partial charge in [0.15, 0.2) is 0 Å². The van der Waals surface area contributed by atoms with Gasteiger partial charge in [-0.3, -0.25) is 19.4 Å². The Morgan fingerprint density at radius 3 is 2.00 bits per heavy atom. The number of nitrogens with zero attached hydrogens (tertiary/aromatic N) is 3. The maximum absolute atomic E-state index is 13.6. The first-order chi connectivity index (χ1) is 15.2. The lowest BCUT2D eigenvalue weighted by atomic mass is 10.0. The van der Waals surface area contributed by atoms with Crippen LogP contribution < -0.4 is 0 Å². The fourth-order valence-corrected chi connectivity index (χ4v) is 5.14. The van der Waals surface area contributed by atoms with E-state index >= 15 is 0 Å². The van der Waals surface area contributed by atoms with Gasteiger partial charge in [0.05, 0.1) is 5.57 Å². The van der Waals surface area contributed by atoms with E-state index in [1.54, 1.807) is 4.90 Å². The molecule has 5 rings (SSSR count). The second-order valence-corrected chi connectivity index (χ2v) is 8.76. The van der Waals surface area contributed by atoms with Crippen molar-refractivity contribution in [2.75, 3.05) is 26.2 Å². The van der Waals surface area contributed by atoms with Crippen LogP contribution in [0.3, 0.4) is 0 Å². The summed E-state index contributed by atoms with van der Waals surface area (Å²) < 4.78 is 0. The Kier molecular flexibility index (Phi) is 5.60. The Morgan fingerprint density at radius 1 is 0.742 bits per heavy atom. The molecule has 2 fully saturated rings. The molecule has 160 valence electrons. The summed E-state index contributed by atoms with van der Waals surface area (Å²) in [6.45, 7) is 4.43. The van der Waals surface area contributed by atoms with Gasteiger partial charge in [0.25, 0.3) is 11.8 Å². The van der Waals surface area contributed by atoms with Gasteiger partial charge in [-0.1, -0.05) is 60.7 Å². The number of amides is 2. The zero-order valence-corrected chi connectivity index (χ0v) is 17.9. The van der Waals surface area contributed by atoms with Crippen LogP contribution >= 0.6 is 0 Å². The van der Waals surface area contributed by atoms with Gasteiger partial charge in [-0.25, -0.2) is 0 Å². The maximum Gasteiger partial charge on any atom is 0.278 e. The molecule has 0 atom stereocenters. The van der Waals surface area contributed by atoms with Crippen LogP contribution in [0.25, 0.3) is 5.57 Å². The molecule has 31 heavy (non-hydrogen) atoms. The van der Waals surface area contributed by atoms with Gasteiger partial charge in [-0.2, -0.15) is 0 Å². The van der Waals surface area contributed by atoms with Gasteiger partial charge in [0.1, 0.15) is 5.70 Å². The Morgan fingerprint density at radius 2 is 1.35 bits per heavy atom. The molecular weight excluding hydrogens is 386 g/mol. The third kappa shape index (κ3) is 3.90. The molecule has 2 amide bonds. The highest BCUT2D eigenvalue weighted by Crippen LogP contribution is 2.36. The minimum Gasteiger partial charge on any atom is -0.366 e. The van der Waals surface area contributed by atoms with Gasteiger partial charge in [-0.05, 0) is 36.8 Å². The van der Waals surface area contributed by atoms with Crippen LogP contribution in [0.5, 0.6) is 0 Å². The van der Waals surface area contributed by atoms with Crippen LogP contribution in [0.2, 0.25) is 0 Å². The van der Waals surface area contributed by atoms with Crippen molar-refractivity contribution in [3.05, 3.63) is 77.5 Å². The number of rotatable bonds is 5. The molecule has 0 bridgehead atoms. The van der Waals surface area contributed by atoms with Gasteiger partial charge in [-0.15, -0.1) is 0 Å². The molecule has 5 nitrogen and oxygen atoms in total. The molecule has 3 heterocycles. The van der Waals surface area contributed by atoms with E-state index in [0.29, 0.717) is 11.3 Å². The standard InChI is InChI=1S/C26H29N3O2/c30-25-23(21-11-5-2-6-12-21)24(28-15-7-8-16-28)26(31)29(25)22-13-17-27(18-14-22)19-20-9-3-1-4-10-20/h1-6,9-12,22H,7-8,13-19H2.